The molecule has 3 aromatic rings. The fraction of sp³-hybridized carbons (Fsp3) is 0.375. The number of benzene rings is 3. The minimum Gasteiger partial charge on any atom is -0.508 e. The SMILES string of the molecule is NC(=O)[C@@H]1CCCN1C(=O)[C@H](Cc1ccc(O)cc1)NC(=O)CNC(=O)[C@H](Cc1ccccc1)NC(=O)[C@@H](CCCN=C(N)N)NC(=O)[C@@H](N)Cc1ccc(O)cc1. The molecule has 310 valence electrons. The maximum absolute atomic E-state index is 13.9. The minimum atomic E-state index is -1.22. The Hall–Kier alpha value is -6.69. The number of phenolic OH excluding ortho intramolecular Hbond substituents is 2. The Morgan fingerprint density at radius 1 is 0.707 bits per heavy atom. The largest absolute Gasteiger partial charge is 0.508 e. The number of phenols is 2. The summed E-state index contributed by atoms with van der Waals surface area (Å²) in [6.07, 6.45) is 1.44. The van der Waals surface area contributed by atoms with E-state index in [1.165, 1.54) is 29.2 Å². The lowest BCUT2D eigenvalue weighted by molar-refractivity contribution is -0.140. The van der Waals surface area contributed by atoms with E-state index in [4.69, 9.17) is 22.9 Å². The summed E-state index contributed by atoms with van der Waals surface area (Å²) in [5.74, 6) is -4.06. The highest BCUT2D eigenvalue weighted by Crippen LogP contribution is 2.20. The quantitative estimate of drug-likeness (QED) is 0.0358. The van der Waals surface area contributed by atoms with Crippen LogP contribution in [-0.2, 0) is 48.0 Å². The molecule has 6 amide bonds. The van der Waals surface area contributed by atoms with Gasteiger partial charge in [-0.25, -0.2) is 0 Å². The first-order valence-electron chi connectivity index (χ1n) is 18.9. The molecular formula is C40H52N10O8. The molecule has 1 saturated heterocycles. The summed E-state index contributed by atoms with van der Waals surface area (Å²) < 4.78 is 0. The van der Waals surface area contributed by atoms with Crippen molar-refractivity contribution in [1.82, 2.24) is 26.2 Å². The number of carbonyl (C=O) groups is 6. The Kier molecular flexibility index (Phi) is 16.4. The number of carbonyl (C=O) groups excluding carboxylic acids is 6. The van der Waals surface area contributed by atoms with Crippen molar-refractivity contribution in [2.45, 2.75) is 75.2 Å². The van der Waals surface area contributed by atoms with Crippen LogP contribution in [0.2, 0.25) is 0 Å². The van der Waals surface area contributed by atoms with Gasteiger partial charge in [-0.15, -0.1) is 0 Å². The van der Waals surface area contributed by atoms with E-state index in [1.54, 1.807) is 54.6 Å². The van der Waals surface area contributed by atoms with E-state index < -0.39 is 72.2 Å². The highest BCUT2D eigenvalue weighted by Gasteiger charge is 2.37. The van der Waals surface area contributed by atoms with Crippen molar-refractivity contribution in [3.05, 3.63) is 95.6 Å². The molecule has 4 rings (SSSR count). The smallest absolute Gasteiger partial charge is 0.246 e. The van der Waals surface area contributed by atoms with Gasteiger partial charge in [0.2, 0.25) is 35.4 Å². The third kappa shape index (κ3) is 13.8. The molecule has 18 heteroatoms. The van der Waals surface area contributed by atoms with Gasteiger partial charge in [0, 0.05) is 25.9 Å². The molecule has 1 heterocycles. The van der Waals surface area contributed by atoms with Crippen molar-refractivity contribution in [3.8, 4) is 11.5 Å². The lowest BCUT2D eigenvalue weighted by Gasteiger charge is -2.28. The molecule has 0 unspecified atom stereocenters. The first kappa shape index (κ1) is 44.0. The highest BCUT2D eigenvalue weighted by molar-refractivity contribution is 5.96. The normalized spacial score (nSPS) is 15.5. The van der Waals surface area contributed by atoms with Gasteiger partial charge in [0.1, 0.15) is 35.7 Å². The maximum Gasteiger partial charge on any atom is 0.246 e. The fourth-order valence-electron chi connectivity index (χ4n) is 6.49. The predicted molar refractivity (Wildman–Crippen MR) is 214 cm³/mol. The molecule has 0 radical (unpaired) electrons. The van der Waals surface area contributed by atoms with Gasteiger partial charge >= 0.3 is 0 Å². The number of hydrogen-bond acceptors (Lipinski definition) is 10. The van der Waals surface area contributed by atoms with Gasteiger partial charge in [-0.1, -0.05) is 54.6 Å². The Morgan fingerprint density at radius 2 is 1.28 bits per heavy atom. The van der Waals surface area contributed by atoms with Crippen LogP contribution in [0.1, 0.15) is 42.4 Å². The zero-order valence-electron chi connectivity index (χ0n) is 32.0. The molecule has 1 aliphatic heterocycles. The zero-order chi connectivity index (χ0) is 42.2. The molecule has 1 fully saturated rings. The molecular weight excluding hydrogens is 749 g/mol. The first-order chi connectivity index (χ1) is 27.7. The van der Waals surface area contributed by atoms with Gasteiger partial charge < -0.3 is 59.3 Å². The molecule has 3 aromatic carbocycles. The lowest BCUT2D eigenvalue weighted by Crippen LogP contribution is -2.57. The molecule has 0 saturated carbocycles. The number of rotatable bonds is 20. The zero-order valence-corrected chi connectivity index (χ0v) is 32.0. The first-order valence-corrected chi connectivity index (χ1v) is 18.9. The standard InChI is InChI=1S/C40H52N10O8/c41-29(20-25-10-14-27(51)15-11-25)36(55)48-30(8-4-18-45-40(43)44)38(57)49-31(21-24-6-2-1-3-7-24)37(56)46-23-34(53)47-32(22-26-12-16-28(52)17-13-26)39(58)50-19-5-9-33(50)35(42)54/h1-3,6-7,10-17,29-33,51-52H,4-5,8-9,18-23,41H2,(H2,42,54)(H,46,56)(H,47,53)(H,48,55)(H,49,57)(H4,43,44,45)/t29-,30+,31-,32-,33-/m0/s1. The summed E-state index contributed by atoms with van der Waals surface area (Å²) in [6, 6.07) is 15.6. The van der Waals surface area contributed by atoms with Crippen molar-refractivity contribution in [2.24, 2.45) is 27.9 Å². The molecule has 1 aliphatic rings. The second kappa shape index (κ2) is 21.6. The Morgan fingerprint density at radius 3 is 1.88 bits per heavy atom. The summed E-state index contributed by atoms with van der Waals surface area (Å²) in [7, 11) is 0. The van der Waals surface area contributed by atoms with Crippen LogP contribution in [0.4, 0.5) is 0 Å². The molecule has 5 atom stereocenters. The number of aromatic hydroxyl groups is 2. The van der Waals surface area contributed by atoms with Gasteiger partial charge in [0.05, 0.1) is 12.6 Å². The van der Waals surface area contributed by atoms with Crippen LogP contribution >= 0.6 is 0 Å². The highest BCUT2D eigenvalue weighted by atomic mass is 16.3. The summed E-state index contributed by atoms with van der Waals surface area (Å²) in [5, 5.41) is 29.9. The van der Waals surface area contributed by atoms with E-state index in [0.29, 0.717) is 29.5 Å². The third-order valence-electron chi connectivity index (χ3n) is 9.52. The average Bonchev–Trinajstić information content (AvgIpc) is 3.70. The number of likely N-dealkylation sites (tertiary alicyclic amines) is 1. The maximum atomic E-state index is 13.9. The van der Waals surface area contributed by atoms with Crippen LogP contribution in [0.3, 0.4) is 0 Å². The number of hydrogen-bond donors (Lipinski definition) is 10. The molecule has 0 spiro atoms. The van der Waals surface area contributed by atoms with Crippen molar-refractivity contribution in [3.63, 3.8) is 0 Å². The van der Waals surface area contributed by atoms with Gasteiger partial charge in [-0.2, -0.15) is 0 Å². The van der Waals surface area contributed by atoms with E-state index >= 15 is 0 Å². The van der Waals surface area contributed by atoms with Gasteiger partial charge in [-0.05, 0) is 73.1 Å². The molecule has 0 bridgehead atoms. The number of aliphatic imine (C=N–C) groups is 1. The summed E-state index contributed by atoms with van der Waals surface area (Å²) in [6.45, 7) is -0.156. The molecule has 58 heavy (non-hydrogen) atoms. The van der Waals surface area contributed by atoms with Crippen molar-refractivity contribution < 1.29 is 39.0 Å². The molecule has 0 aromatic heterocycles. The van der Waals surface area contributed by atoms with Crippen molar-refractivity contribution >= 4 is 41.4 Å². The Bertz CT molecular complexity index is 1910. The van der Waals surface area contributed by atoms with Crippen molar-refractivity contribution in [1.29, 1.82) is 0 Å². The van der Waals surface area contributed by atoms with Gasteiger partial charge in [0.25, 0.3) is 0 Å². The number of amides is 6. The fourth-order valence-corrected chi connectivity index (χ4v) is 6.49. The van der Waals surface area contributed by atoms with E-state index in [9.17, 15) is 39.0 Å². The van der Waals surface area contributed by atoms with Crippen LogP contribution in [-0.4, -0.2) is 106 Å². The van der Waals surface area contributed by atoms with Gasteiger partial charge in [0.15, 0.2) is 5.96 Å². The average molecular weight is 801 g/mol. The summed E-state index contributed by atoms with van der Waals surface area (Å²) in [4.78, 5) is 85.3. The van der Waals surface area contributed by atoms with Crippen LogP contribution in [0.5, 0.6) is 11.5 Å². The van der Waals surface area contributed by atoms with Crippen LogP contribution in [0.15, 0.2) is 83.9 Å². The van der Waals surface area contributed by atoms with Crippen LogP contribution in [0.25, 0.3) is 0 Å². The Balaban J connectivity index is 1.47. The molecule has 18 nitrogen and oxygen atoms in total. The van der Waals surface area contributed by atoms with Gasteiger partial charge in [-0.3, -0.25) is 33.8 Å². The summed E-state index contributed by atoms with van der Waals surface area (Å²) in [5.41, 5.74) is 24.6. The van der Waals surface area contributed by atoms with E-state index in [-0.39, 0.29) is 62.7 Å². The lowest BCUT2D eigenvalue weighted by atomic mass is 10.0. The molecule has 0 aliphatic carbocycles. The van der Waals surface area contributed by atoms with E-state index in [2.05, 4.69) is 26.3 Å². The monoisotopic (exact) mass is 800 g/mol. The number of nitrogens with two attached hydrogens (primary N) is 4. The number of guanidine groups is 1. The minimum absolute atomic E-state index is 0.0118. The van der Waals surface area contributed by atoms with Crippen molar-refractivity contribution in [2.75, 3.05) is 19.6 Å². The number of nitrogens with one attached hydrogen (secondary N) is 4. The van der Waals surface area contributed by atoms with E-state index in [0.717, 1.165) is 0 Å². The molecule has 14 N–H and O–H groups in total. The number of primary amides is 1. The Labute approximate surface area is 335 Å². The van der Waals surface area contributed by atoms with Crippen LogP contribution in [0, 0.1) is 0 Å². The third-order valence-corrected chi connectivity index (χ3v) is 9.52. The second-order valence-corrected chi connectivity index (χ2v) is 14.0. The topological polar surface area (TPSA) is 311 Å². The number of nitrogens with zero attached hydrogens (tertiary/aromatic N) is 2. The van der Waals surface area contributed by atoms with E-state index in [1.807, 2.05) is 0 Å². The second-order valence-electron chi connectivity index (χ2n) is 14.0. The summed E-state index contributed by atoms with van der Waals surface area (Å²) >= 11 is 0. The predicted octanol–water partition coefficient (Wildman–Crippen LogP) is -1.45. The van der Waals surface area contributed by atoms with Crippen LogP contribution < -0.4 is 44.2 Å².